The molecule has 6 heteroatoms. The van der Waals surface area contributed by atoms with Crippen molar-refractivity contribution in [1.82, 2.24) is 10.3 Å². The highest BCUT2D eigenvalue weighted by molar-refractivity contribution is 5.96. The van der Waals surface area contributed by atoms with Crippen molar-refractivity contribution in [2.75, 3.05) is 5.32 Å². The van der Waals surface area contributed by atoms with Gasteiger partial charge < -0.3 is 10.1 Å². The van der Waals surface area contributed by atoms with Crippen LogP contribution in [0.3, 0.4) is 0 Å². The van der Waals surface area contributed by atoms with Gasteiger partial charge in [-0.25, -0.2) is 4.63 Å². The molecule has 1 amide bonds. The maximum absolute atomic E-state index is 12.5. The van der Waals surface area contributed by atoms with E-state index in [9.17, 15) is 4.79 Å². The predicted octanol–water partition coefficient (Wildman–Crippen LogP) is 4.38. The number of amides is 1. The standard InChI is InChI=1S/C21H23N3O3/c1-12-8-13(2)10-18(9-12)26-16(5)21(25)22-20-19(23-27-24-20)17-7-6-14(3)15(4)11-17/h6-11,16H,1-5H3,(H,22,24,25). The van der Waals surface area contributed by atoms with Crippen LogP contribution in [0, 0.1) is 27.7 Å². The van der Waals surface area contributed by atoms with Crippen molar-refractivity contribution in [3.05, 3.63) is 58.7 Å². The highest BCUT2D eigenvalue weighted by atomic mass is 16.6. The number of ether oxygens (including phenoxy) is 1. The van der Waals surface area contributed by atoms with E-state index in [2.05, 4.69) is 21.7 Å². The molecule has 0 spiro atoms. The Balaban J connectivity index is 1.74. The maximum atomic E-state index is 12.5. The first-order valence-corrected chi connectivity index (χ1v) is 8.79. The van der Waals surface area contributed by atoms with Crippen LogP contribution in [0.25, 0.3) is 11.3 Å². The first kappa shape index (κ1) is 18.6. The van der Waals surface area contributed by atoms with Crippen molar-refractivity contribution >= 4 is 11.7 Å². The number of rotatable bonds is 5. The average Bonchev–Trinajstić information content (AvgIpc) is 3.04. The number of aryl methyl sites for hydroxylation is 4. The Morgan fingerprint density at radius 1 is 1.00 bits per heavy atom. The van der Waals surface area contributed by atoms with Gasteiger partial charge in [0, 0.05) is 5.56 Å². The molecule has 0 aliphatic rings. The number of hydrogen-bond acceptors (Lipinski definition) is 5. The SMILES string of the molecule is Cc1cc(C)cc(OC(C)C(=O)Nc2nonc2-c2ccc(C)c(C)c2)c1. The Bertz CT molecular complexity index is 958. The van der Waals surface area contributed by atoms with Gasteiger partial charge in [-0.05, 0) is 85.4 Å². The molecular weight excluding hydrogens is 342 g/mol. The number of aromatic nitrogens is 2. The van der Waals surface area contributed by atoms with Crippen LogP contribution in [0.5, 0.6) is 5.75 Å². The van der Waals surface area contributed by atoms with Crippen molar-refractivity contribution in [1.29, 1.82) is 0 Å². The zero-order valence-corrected chi connectivity index (χ0v) is 16.2. The minimum atomic E-state index is -0.699. The van der Waals surface area contributed by atoms with Crippen LogP contribution in [0.1, 0.15) is 29.2 Å². The van der Waals surface area contributed by atoms with Crippen LogP contribution in [0.2, 0.25) is 0 Å². The van der Waals surface area contributed by atoms with E-state index in [0.29, 0.717) is 11.4 Å². The molecule has 1 N–H and O–H groups in total. The van der Waals surface area contributed by atoms with Gasteiger partial charge in [-0.1, -0.05) is 18.2 Å². The van der Waals surface area contributed by atoms with Crippen molar-refractivity contribution in [2.24, 2.45) is 0 Å². The highest BCUT2D eigenvalue weighted by Gasteiger charge is 2.20. The first-order chi connectivity index (χ1) is 12.8. The third-order valence-electron chi connectivity index (χ3n) is 4.39. The molecule has 0 bridgehead atoms. The molecule has 0 radical (unpaired) electrons. The molecule has 1 heterocycles. The third kappa shape index (κ3) is 4.34. The van der Waals surface area contributed by atoms with Gasteiger partial charge in [-0.3, -0.25) is 4.79 Å². The third-order valence-corrected chi connectivity index (χ3v) is 4.39. The number of carbonyl (C=O) groups excluding carboxylic acids is 1. The summed E-state index contributed by atoms with van der Waals surface area (Å²) >= 11 is 0. The molecule has 140 valence electrons. The van der Waals surface area contributed by atoms with Crippen LogP contribution >= 0.6 is 0 Å². The van der Waals surface area contributed by atoms with Gasteiger partial charge in [0.25, 0.3) is 5.91 Å². The molecule has 2 aromatic carbocycles. The van der Waals surface area contributed by atoms with Crippen molar-refractivity contribution in [2.45, 2.75) is 40.7 Å². The van der Waals surface area contributed by atoms with Gasteiger partial charge in [0.05, 0.1) is 0 Å². The molecule has 6 nitrogen and oxygen atoms in total. The van der Waals surface area contributed by atoms with Crippen LogP contribution in [0.15, 0.2) is 41.0 Å². The number of benzene rings is 2. The van der Waals surface area contributed by atoms with E-state index in [0.717, 1.165) is 22.3 Å². The lowest BCUT2D eigenvalue weighted by molar-refractivity contribution is -0.122. The number of nitrogens with zero attached hydrogens (tertiary/aromatic N) is 2. The molecular formula is C21H23N3O3. The quantitative estimate of drug-likeness (QED) is 0.726. The van der Waals surface area contributed by atoms with Crippen molar-refractivity contribution < 1.29 is 14.2 Å². The van der Waals surface area contributed by atoms with E-state index in [-0.39, 0.29) is 11.7 Å². The fourth-order valence-electron chi connectivity index (χ4n) is 2.83. The lowest BCUT2D eigenvalue weighted by atomic mass is 10.0. The largest absolute Gasteiger partial charge is 0.481 e. The van der Waals surface area contributed by atoms with Gasteiger partial charge >= 0.3 is 0 Å². The average molecular weight is 365 g/mol. The fourth-order valence-corrected chi connectivity index (χ4v) is 2.83. The molecule has 3 aromatic rings. The summed E-state index contributed by atoms with van der Waals surface area (Å²) in [5.41, 5.74) is 5.78. The number of anilines is 1. The second kappa shape index (κ2) is 7.61. The van der Waals surface area contributed by atoms with E-state index in [1.54, 1.807) is 6.92 Å². The molecule has 3 rings (SSSR count). The van der Waals surface area contributed by atoms with Gasteiger partial charge in [0.15, 0.2) is 11.8 Å². The Morgan fingerprint density at radius 3 is 2.37 bits per heavy atom. The molecule has 0 saturated carbocycles. The minimum absolute atomic E-state index is 0.277. The van der Waals surface area contributed by atoms with E-state index in [4.69, 9.17) is 9.37 Å². The molecule has 0 aliphatic carbocycles. The molecule has 0 aliphatic heterocycles. The summed E-state index contributed by atoms with van der Waals surface area (Å²) in [6, 6.07) is 11.8. The van der Waals surface area contributed by atoms with Crippen LogP contribution in [-0.2, 0) is 4.79 Å². The number of hydrogen-bond donors (Lipinski definition) is 1. The molecule has 0 fully saturated rings. The Morgan fingerprint density at radius 2 is 1.70 bits per heavy atom. The monoisotopic (exact) mass is 365 g/mol. The van der Waals surface area contributed by atoms with Crippen LogP contribution in [-0.4, -0.2) is 22.3 Å². The highest BCUT2D eigenvalue weighted by Crippen LogP contribution is 2.26. The smallest absolute Gasteiger partial charge is 0.266 e. The summed E-state index contributed by atoms with van der Waals surface area (Å²) < 4.78 is 10.6. The Labute approximate surface area is 158 Å². The summed E-state index contributed by atoms with van der Waals surface area (Å²) in [7, 11) is 0. The summed E-state index contributed by atoms with van der Waals surface area (Å²) in [5.74, 6) is 0.608. The van der Waals surface area contributed by atoms with E-state index in [1.165, 1.54) is 5.56 Å². The van der Waals surface area contributed by atoms with Crippen molar-refractivity contribution in [3.63, 3.8) is 0 Å². The molecule has 27 heavy (non-hydrogen) atoms. The minimum Gasteiger partial charge on any atom is -0.481 e. The zero-order valence-electron chi connectivity index (χ0n) is 16.2. The number of nitrogens with one attached hydrogen (secondary N) is 1. The second-order valence-electron chi connectivity index (χ2n) is 6.83. The maximum Gasteiger partial charge on any atom is 0.266 e. The van der Waals surface area contributed by atoms with Crippen LogP contribution in [0.4, 0.5) is 5.82 Å². The zero-order chi connectivity index (χ0) is 19.6. The van der Waals surface area contributed by atoms with Gasteiger partial charge in [0.2, 0.25) is 5.82 Å². The van der Waals surface area contributed by atoms with E-state index < -0.39 is 6.10 Å². The lowest BCUT2D eigenvalue weighted by Crippen LogP contribution is -2.30. The molecule has 1 aromatic heterocycles. The van der Waals surface area contributed by atoms with Gasteiger partial charge in [-0.15, -0.1) is 0 Å². The Kier molecular flexibility index (Phi) is 5.26. The summed E-state index contributed by atoms with van der Waals surface area (Å²) in [6.45, 7) is 9.72. The lowest BCUT2D eigenvalue weighted by Gasteiger charge is -2.15. The van der Waals surface area contributed by atoms with Gasteiger partial charge in [0.1, 0.15) is 5.75 Å². The first-order valence-electron chi connectivity index (χ1n) is 8.79. The predicted molar refractivity (Wildman–Crippen MR) is 104 cm³/mol. The number of carbonyl (C=O) groups is 1. The van der Waals surface area contributed by atoms with Crippen molar-refractivity contribution in [3.8, 4) is 17.0 Å². The summed E-state index contributed by atoms with van der Waals surface area (Å²) in [5, 5.41) is 10.5. The molecule has 1 unspecified atom stereocenters. The van der Waals surface area contributed by atoms with Gasteiger partial charge in [-0.2, -0.15) is 0 Å². The molecule has 0 saturated heterocycles. The second-order valence-corrected chi connectivity index (χ2v) is 6.83. The van der Waals surface area contributed by atoms with E-state index >= 15 is 0 Å². The fraction of sp³-hybridized carbons (Fsp3) is 0.286. The summed E-state index contributed by atoms with van der Waals surface area (Å²) in [6.07, 6.45) is -0.699. The summed E-state index contributed by atoms with van der Waals surface area (Å²) in [4.78, 5) is 12.5. The topological polar surface area (TPSA) is 77.2 Å². The van der Waals surface area contributed by atoms with Crippen LogP contribution < -0.4 is 10.1 Å². The Hall–Kier alpha value is -3.15. The van der Waals surface area contributed by atoms with E-state index in [1.807, 2.05) is 58.0 Å². The molecule has 1 atom stereocenters. The normalized spacial score (nSPS) is 11.9.